The van der Waals surface area contributed by atoms with Gasteiger partial charge < -0.3 is 9.05 Å². The summed E-state index contributed by atoms with van der Waals surface area (Å²) in [5.41, 5.74) is 1.93. The SMILES string of the molecule is C=Cc1ccc(OP(C)(=O)Oc2ccc(C=C)cc2)cc1. The van der Waals surface area contributed by atoms with Gasteiger partial charge in [0, 0.05) is 0 Å². The van der Waals surface area contributed by atoms with Crippen LogP contribution in [0, 0.1) is 0 Å². The molecule has 0 radical (unpaired) electrons. The highest BCUT2D eigenvalue weighted by molar-refractivity contribution is 7.53. The Labute approximate surface area is 125 Å². The van der Waals surface area contributed by atoms with Gasteiger partial charge in [0.25, 0.3) is 0 Å². The smallest absolute Gasteiger partial charge is 0.416 e. The Kier molecular flexibility index (Phi) is 4.66. The molecule has 0 aliphatic carbocycles. The lowest BCUT2D eigenvalue weighted by Crippen LogP contribution is -1.99. The van der Waals surface area contributed by atoms with E-state index in [1.807, 2.05) is 24.3 Å². The molecule has 0 saturated heterocycles. The van der Waals surface area contributed by atoms with Crippen molar-refractivity contribution < 1.29 is 13.6 Å². The van der Waals surface area contributed by atoms with Crippen molar-refractivity contribution in [3.63, 3.8) is 0 Å². The normalized spacial score (nSPS) is 10.7. The van der Waals surface area contributed by atoms with Crippen LogP contribution in [0.25, 0.3) is 12.2 Å². The highest BCUT2D eigenvalue weighted by Crippen LogP contribution is 2.44. The Balaban J connectivity index is 2.07. The molecule has 0 aromatic heterocycles. The van der Waals surface area contributed by atoms with Crippen LogP contribution in [0.5, 0.6) is 11.5 Å². The fourth-order valence-corrected chi connectivity index (χ4v) is 2.78. The van der Waals surface area contributed by atoms with E-state index in [0.29, 0.717) is 11.5 Å². The summed E-state index contributed by atoms with van der Waals surface area (Å²) in [6.45, 7) is 8.80. The first-order valence-corrected chi connectivity index (χ1v) is 8.43. The van der Waals surface area contributed by atoms with Gasteiger partial charge in [-0.3, -0.25) is 0 Å². The van der Waals surface area contributed by atoms with Crippen molar-refractivity contribution in [2.24, 2.45) is 0 Å². The average molecular weight is 300 g/mol. The van der Waals surface area contributed by atoms with Gasteiger partial charge in [0.15, 0.2) is 0 Å². The first kappa shape index (κ1) is 15.1. The maximum absolute atomic E-state index is 12.4. The van der Waals surface area contributed by atoms with Crippen LogP contribution in [0.3, 0.4) is 0 Å². The maximum Gasteiger partial charge on any atom is 0.427 e. The lowest BCUT2D eigenvalue weighted by molar-refractivity contribution is 0.393. The van der Waals surface area contributed by atoms with Gasteiger partial charge in [-0.2, -0.15) is 0 Å². The van der Waals surface area contributed by atoms with Crippen molar-refractivity contribution >= 4 is 19.7 Å². The van der Waals surface area contributed by atoms with Gasteiger partial charge >= 0.3 is 7.60 Å². The molecule has 21 heavy (non-hydrogen) atoms. The molecule has 0 aliphatic heterocycles. The van der Waals surface area contributed by atoms with Gasteiger partial charge in [0.1, 0.15) is 11.5 Å². The summed E-state index contributed by atoms with van der Waals surface area (Å²) in [5, 5.41) is 0. The molecule has 0 atom stereocenters. The molecule has 0 spiro atoms. The summed E-state index contributed by atoms with van der Waals surface area (Å²) < 4.78 is 23.3. The zero-order valence-electron chi connectivity index (χ0n) is 11.9. The molecule has 0 N–H and O–H groups in total. The van der Waals surface area contributed by atoms with E-state index >= 15 is 0 Å². The minimum absolute atomic E-state index is 0.495. The third-order valence-corrected chi connectivity index (χ3v) is 3.86. The van der Waals surface area contributed by atoms with Crippen LogP contribution in [-0.2, 0) is 4.57 Å². The molecule has 0 bridgehead atoms. The topological polar surface area (TPSA) is 35.5 Å². The van der Waals surface area contributed by atoms with Crippen molar-refractivity contribution in [2.45, 2.75) is 0 Å². The van der Waals surface area contributed by atoms with Crippen LogP contribution in [-0.4, -0.2) is 6.66 Å². The predicted octanol–water partition coefficient (Wildman–Crippen LogP) is 5.25. The Morgan fingerprint density at radius 1 is 0.810 bits per heavy atom. The molecule has 0 aliphatic rings. The zero-order chi connectivity index (χ0) is 15.3. The highest BCUT2D eigenvalue weighted by atomic mass is 31.2. The minimum atomic E-state index is -3.24. The van der Waals surface area contributed by atoms with Gasteiger partial charge in [0.2, 0.25) is 0 Å². The molecule has 0 saturated carbocycles. The van der Waals surface area contributed by atoms with Crippen molar-refractivity contribution in [2.75, 3.05) is 6.66 Å². The molecule has 0 heterocycles. The summed E-state index contributed by atoms with van der Waals surface area (Å²) in [7, 11) is -3.24. The molecule has 0 amide bonds. The van der Waals surface area contributed by atoms with Gasteiger partial charge in [-0.05, 0) is 35.4 Å². The molecule has 4 heteroatoms. The van der Waals surface area contributed by atoms with Crippen molar-refractivity contribution in [3.05, 3.63) is 72.8 Å². The number of benzene rings is 2. The molecular weight excluding hydrogens is 283 g/mol. The van der Waals surface area contributed by atoms with Crippen molar-refractivity contribution in [3.8, 4) is 11.5 Å². The molecular formula is C17H17O3P. The largest absolute Gasteiger partial charge is 0.427 e. The van der Waals surface area contributed by atoms with E-state index < -0.39 is 7.60 Å². The maximum atomic E-state index is 12.4. The Hall–Kier alpha value is -2.25. The molecule has 2 aromatic rings. The third kappa shape index (κ3) is 4.37. The van der Waals surface area contributed by atoms with Crippen molar-refractivity contribution in [1.29, 1.82) is 0 Å². The third-order valence-electron chi connectivity index (χ3n) is 2.77. The van der Waals surface area contributed by atoms with E-state index in [4.69, 9.17) is 9.05 Å². The Bertz CT molecular complexity index is 615. The number of hydrogen-bond acceptors (Lipinski definition) is 3. The number of rotatable bonds is 6. The van der Waals surface area contributed by atoms with Crippen LogP contribution in [0.1, 0.15) is 11.1 Å². The van der Waals surface area contributed by atoms with E-state index in [1.165, 1.54) is 6.66 Å². The van der Waals surface area contributed by atoms with Gasteiger partial charge in [-0.25, -0.2) is 4.57 Å². The van der Waals surface area contributed by atoms with Crippen LogP contribution in [0.4, 0.5) is 0 Å². The van der Waals surface area contributed by atoms with E-state index in [9.17, 15) is 4.57 Å². The standard InChI is InChI=1S/C17H17O3P/c1-4-14-6-10-16(11-7-14)19-21(3,18)20-17-12-8-15(5-2)9-13-17/h4-13H,1-2H2,3H3. The summed E-state index contributed by atoms with van der Waals surface area (Å²) in [5.74, 6) is 0.989. The predicted molar refractivity (Wildman–Crippen MR) is 87.9 cm³/mol. The van der Waals surface area contributed by atoms with Crippen LogP contribution in [0.2, 0.25) is 0 Å². The monoisotopic (exact) mass is 300 g/mol. The minimum Gasteiger partial charge on any atom is -0.416 e. The molecule has 0 unspecified atom stereocenters. The van der Waals surface area contributed by atoms with E-state index in [2.05, 4.69) is 13.2 Å². The molecule has 3 nitrogen and oxygen atoms in total. The summed E-state index contributed by atoms with van der Waals surface area (Å²) in [6, 6.07) is 14.3. The lowest BCUT2D eigenvalue weighted by Gasteiger charge is -2.16. The molecule has 2 aromatic carbocycles. The van der Waals surface area contributed by atoms with Gasteiger partial charge in [-0.1, -0.05) is 49.6 Å². The van der Waals surface area contributed by atoms with Gasteiger partial charge in [0.05, 0.1) is 6.66 Å². The summed E-state index contributed by atoms with van der Waals surface area (Å²) in [6.07, 6.45) is 3.46. The molecule has 2 rings (SSSR count). The first-order valence-electron chi connectivity index (χ1n) is 6.44. The summed E-state index contributed by atoms with van der Waals surface area (Å²) in [4.78, 5) is 0. The zero-order valence-corrected chi connectivity index (χ0v) is 12.8. The second-order valence-corrected chi connectivity index (χ2v) is 6.41. The fraction of sp³-hybridized carbons (Fsp3) is 0.0588. The second kappa shape index (κ2) is 6.47. The van der Waals surface area contributed by atoms with Gasteiger partial charge in [-0.15, -0.1) is 0 Å². The second-order valence-electron chi connectivity index (χ2n) is 4.50. The van der Waals surface area contributed by atoms with Crippen LogP contribution < -0.4 is 9.05 Å². The fourth-order valence-electron chi connectivity index (χ4n) is 1.73. The Morgan fingerprint density at radius 2 is 1.14 bits per heavy atom. The highest BCUT2D eigenvalue weighted by Gasteiger charge is 2.20. The van der Waals surface area contributed by atoms with E-state index in [1.54, 1.807) is 36.4 Å². The quantitative estimate of drug-likeness (QED) is 0.683. The lowest BCUT2D eigenvalue weighted by atomic mass is 10.2. The van der Waals surface area contributed by atoms with Crippen LogP contribution >= 0.6 is 7.60 Å². The summed E-state index contributed by atoms with van der Waals surface area (Å²) >= 11 is 0. The van der Waals surface area contributed by atoms with Crippen LogP contribution in [0.15, 0.2) is 61.7 Å². The average Bonchev–Trinajstić information content (AvgIpc) is 2.48. The molecule has 0 fully saturated rings. The van der Waals surface area contributed by atoms with Crippen molar-refractivity contribution in [1.82, 2.24) is 0 Å². The van der Waals surface area contributed by atoms with E-state index in [0.717, 1.165) is 11.1 Å². The molecule has 108 valence electrons. The number of hydrogen-bond donors (Lipinski definition) is 0. The Morgan fingerprint density at radius 3 is 1.43 bits per heavy atom. The first-order chi connectivity index (χ1) is 10.0. The van der Waals surface area contributed by atoms with E-state index in [-0.39, 0.29) is 0 Å².